The van der Waals surface area contributed by atoms with Crippen LogP contribution < -0.4 is 4.74 Å². The minimum Gasteiger partial charge on any atom is -0.465 e. The lowest BCUT2D eigenvalue weighted by molar-refractivity contribution is -0.0530. The zero-order chi connectivity index (χ0) is 11.4. The van der Waals surface area contributed by atoms with E-state index < -0.39 is 12.6 Å². The van der Waals surface area contributed by atoms with E-state index in [1.54, 1.807) is 0 Å². The number of aromatic nitrogens is 1. The average Bonchev–Trinajstić information content (AvgIpc) is 2.14. The quantitative estimate of drug-likeness (QED) is 0.630. The first-order valence-electron chi connectivity index (χ1n) is 3.73. The molecule has 0 fully saturated rings. The van der Waals surface area contributed by atoms with Gasteiger partial charge in [0.15, 0.2) is 0 Å². The maximum Gasteiger partial charge on any atom is 0.388 e. The Morgan fingerprint density at radius 1 is 1.53 bits per heavy atom. The van der Waals surface area contributed by atoms with Crippen molar-refractivity contribution < 1.29 is 23.0 Å². The lowest BCUT2D eigenvalue weighted by Gasteiger charge is -2.05. The second-order valence-electron chi connectivity index (χ2n) is 2.39. The summed E-state index contributed by atoms with van der Waals surface area (Å²) in [6.07, 6.45) is 0. The molecule has 1 aromatic heterocycles. The van der Waals surface area contributed by atoms with Crippen molar-refractivity contribution in [1.29, 1.82) is 0 Å². The maximum absolute atomic E-state index is 11.9. The Labute approximate surface area is 92.3 Å². The summed E-state index contributed by atoms with van der Waals surface area (Å²) in [5.74, 6) is -1.00. The molecule has 1 aromatic rings. The summed E-state index contributed by atoms with van der Waals surface area (Å²) in [6.45, 7) is -2.99. The van der Waals surface area contributed by atoms with Gasteiger partial charge in [-0.3, -0.25) is 0 Å². The largest absolute Gasteiger partial charge is 0.465 e. The molecule has 0 aliphatic heterocycles. The van der Waals surface area contributed by atoms with Crippen LogP contribution in [0.2, 0.25) is 0 Å². The van der Waals surface area contributed by atoms with Crippen LogP contribution in [0.25, 0.3) is 0 Å². The smallest absolute Gasteiger partial charge is 0.388 e. The summed E-state index contributed by atoms with van der Waals surface area (Å²) in [5.41, 5.74) is 0.0787. The molecule has 15 heavy (non-hydrogen) atoms. The predicted octanol–water partition coefficient (Wildman–Crippen LogP) is 2.23. The molecule has 0 aliphatic carbocycles. The van der Waals surface area contributed by atoms with E-state index in [9.17, 15) is 13.6 Å². The number of ether oxygens (including phenoxy) is 2. The lowest BCUT2D eigenvalue weighted by atomic mass is 10.3. The first-order valence-corrected chi connectivity index (χ1v) is 4.53. The van der Waals surface area contributed by atoms with Crippen LogP contribution in [0, 0.1) is 0 Å². The molecule has 4 nitrogen and oxygen atoms in total. The molecule has 0 atom stereocenters. The van der Waals surface area contributed by atoms with Gasteiger partial charge in [0.05, 0.1) is 12.7 Å². The third kappa shape index (κ3) is 3.43. The van der Waals surface area contributed by atoms with Gasteiger partial charge in [-0.2, -0.15) is 8.78 Å². The van der Waals surface area contributed by atoms with E-state index in [2.05, 4.69) is 30.4 Å². The Kier molecular flexibility index (Phi) is 3.96. The van der Waals surface area contributed by atoms with E-state index in [0.29, 0.717) is 0 Å². The number of alkyl halides is 2. The number of hydrogen-bond acceptors (Lipinski definition) is 4. The van der Waals surface area contributed by atoms with Crippen molar-refractivity contribution in [2.45, 2.75) is 6.61 Å². The molecule has 0 unspecified atom stereocenters. The summed E-state index contributed by atoms with van der Waals surface area (Å²) < 4.78 is 32.4. The Hall–Kier alpha value is -1.24. The van der Waals surface area contributed by atoms with Crippen molar-refractivity contribution in [2.75, 3.05) is 7.11 Å². The molecule has 0 N–H and O–H groups in total. The number of pyridine rings is 1. The standard InChI is InChI=1S/C8H6BrF2NO3/c1-14-7(13)4-2-5(9)12-6(3-4)15-8(10)11/h2-3,8H,1H3. The van der Waals surface area contributed by atoms with Crippen LogP contribution in [0.15, 0.2) is 16.7 Å². The van der Waals surface area contributed by atoms with Crippen LogP contribution in [0.1, 0.15) is 10.4 Å². The van der Waals surface area contributed by atoms with Gasteiger partial charge >= 0.3 is 12.6 Å². The SMILES string of the molecule is COC(=O)c1cc(Br)nc(OC(F)F)c1. The first kappa shape index (κ1) is 11.8. The van der Waals surface area contributed by atoms with Crippen molar-refractivity contribution >= 4 is 21.9 Å². The van der Waals surface area contributed by atoms with E-state index in [4.69, 9.17) is 0 Å². The average molecular weight is 282 g/mol. The van der Waals surface area contributed by atoms with Crippen molar-refractivity contribution in [2.24, 2.45) is 0 Å². The Bertz CT molecular complexity index is 373. The predicted molar refractivity (Wildman–Crippen MR) is 49.9 cm³/mol. The van der Waals surface area contributed by atoms with Crippen LogP contribution in [0.3, 0.4) is 0 Å². The summed E-state index contributed by atoms with van der Waals surface area (Å²) in [6, 6.07) is 2.41. The van der Waals surface area contributed by atoms with Crippen molar-refractivity contribution in [3.05, 3.63) is 22.3 Å². The number of rotatable bonds is 3. The molecule has 82 valence electrons. The molecule has 1 rings (SSSR count). The van der Waals surface area contributed by atoms with E-state index >= 15 is 0 Å². The summed E-state index contributed by atoms with van der Waals surface area (Å²) in [4.78, 5) is 14.7. The fourth-order valence-electron chi connectivity index (χ4n) is 0.860. The summed E-state index contributed by atoms with van der Waals surface area (Å²) >= 11 is 2.96. The molecule has 0 saturated carbocycles. The van der Waals surface area contributed by atoms with Crippen LogP contribution >= 0.6 is 15.9 Å². The first-order chi connectivity index (χ1) is 7.02. The molecular formula is C8H6BrF2NO3. The van der Waals surface area contributed by atoms with Gasteiger partial charge in [0.1, 0.15) is 4.60 Å². The fraction of sp³-hybridized carbons (Fsp3) is 0.250. The zero-order valence-electron chi connectivity index (χ0n) is 7.54. The van der Waals surface area contributed by atoms with Gasteiger partial charge in [0.25, 0.3) is 0 Å². The number of esters is 1. The van der Waals surface area contributed by atoms with Crippen molar-refractivity contribution in [1.82, 2.24) is 4.98 Å². The number of halogens is 3. The monoisotopic (exact) mass is 281 g/mol. The molecule has 0 aromatic carbocycles. The molecule has 0 saturated heterocycles. The van der Waals surface area contributed by atoms with E-state index in [-0.39, 0.29) is 16.0 Å². The Morgan fingerprint density at radius 3 is 2.73 bits per heavy atom. The highest BCUT2D eigenvalue weighted by atomic mass is 79.9. The minimum absolute atomic E-state index is 0.0787. The summed E-state index contributed by atoms with van der Waals surface area (Å²) in [7, 11) is 1.18. The molecule has 0 amide bonds. The van der Waals surface area contributed by atoms with E-state index in [0.717, 1.165) is 6.07 Å². The van der Waals surface area contributed by atoms with E-state index in [1.807, 2.05) is 0 Å². The molecule has 0 bridgehead atoms. The van der Waals surface area contributed by atoms with Crippen LogP contribution in [-0.4, -0.2) is 24.7 Å². The second kappa shape index (κ2) is 5.01. The van der Waals surface area contributed by atoms with Crippen LogP contribution in [0.5, 0.6) is 5.88 Å². The van der Waals surface area contributed by atoms with Gasteiger partial charge in [0.2, 0.25) is 5.88 Å². The van der Waals surface area contributed by atoms with Crippen molar-refractivity contribution in [3.63, 3.8) is 0 Å². The third-order valence-electron chi connectivity index (χ3n) is 1.40. The number of carbonyl (C=O) groups excluding carboxylic acids is 1. The molecule has 0 aliphatic rings. The molecule has 7 heteroatoms. The highest BCUT2D eigenvalue weighted by Gasteiger charge is 2.12. The number of nitrogens with zero attached hydrogens (tertiary/aromatic N) is 1. The second-order valence-corrected chi connectivity index (χ2v) is 3.20. The Balaban J connectivity index is 2.99. The highest BCUT2D eigenvalue weighted by molar-refractivity contribution is 9.10. The maximum atomic E-state index is 11.9. The van der Waals surface area contributed by atoms with Crippen LogP contribution in [0.4, 0.5) is 8.78 Å². The van der Waals surface area contributed by atoms with Gasteiger partial charge in [-0.05, 0) is 22.0 Å². The fourth-order valence-corrected chi connectivity index (χ4v) is 1.28. The minimum atomic E-state index is -2.99. The topological polar surface area (TPSA) is 48.4 Å². The highest BCUT2D eigenvalue weighted by Crippen LogP contribution is 2.19. The molecule has 1 heterocycles. The Morgan fingerprint density at radius 2 is 2.20 bits per heavy atom. The molecule has 0 spiro atoms. The normalized spacial score (nSPS) is 10.2. The summed E-state index contributed by atoms with van der Waals surface area (Å²) in [5, 5.41) is 0. The third-order valence-corrected chi connectivity index (χ3v) is 1.81. The van der Waals surface area contributed by atoms with Crippen LogP contribution in [-0.2, 0) is 4.74 Å². The van der Waals surface area contributed by atoms with Gasteiger partial charge in [0, 0.05) is 6.07 Å². The van der Waals surface area contributed by atoms with E-state index in [1.165, 1.54) is 13.2 Å². The van der Waals surface area contributed by atoms with Gasteiger partial charge < -0.3 is 9.47 Å². The van der Waals surface area contributed by atoms with Gasteiger partial charge in [-0.25, -0.2) is 9.78 Å². The van der Waals surface area contributed by atoms with Gasteiger partial charge in [-0.15, -0.1) is 0 Å². The molecule has 0 radical (unpaired) electrons. The van der Waals surface area contributed by atoms with Crippen molar-refractivity contribution in [3.8, 4) is 5.88 Å². The number of hydrogen-bond donors (Lipinski definition) is 0. The number of methoxy groups -OCH3 is 1. The van der Waals surface area contributed by atoms with Gasteiger partial charge in [-0.1, -0.05) is 0 Å². The number of carbonyl (C=O) groups is 1. The molecular weight excluding hydrogens is 276 g/mol. The lowest BCUT2D eigenvalue weighted by Crippen LogP contribution is -2.07. The zero-order valence-corrected chi connectivity index (χ0v) is 9.12.